The summed E-state index contributed by atoms with van der Waals surface area (Å²) in [6.07, 6.45) is 2.62. The Hall–Kier alpha value is -3.27. The highest BCUT2D eigenvalue weighted by Crippen LogP contribution is 2.35. The minimum absolute atomic E-state index is 0. The quantitative estimate of drug-likeness (QED) is 0.372. The molecule has 1 amide bonds. The second-order valence-electron chi connectivity index (χ2n) is 9.23. The van der Waals surface area contributed by atoms with Crippen molar-refractivity contribution < 1.29 is 13.2 Å². The topological polar surface area (TPSA) is 87.5 Å². The maximum atomic E-state index is 14.0. The van der Waals surface area contributed by atoms with Crippen LogP contribution >= 0.6 is 24.8 Å². The van der Waals surface area contributed by atoms with E-state index in [2.05, 4.69) is 37.4 Å². The number of hydrogen-bond donors (Lipinski definition) is 1. The van der Waals surface area contributed by atoms with Gasteiger partial charge in [0.2, 0.25) is 10.0 Å². The molecule has 1 N–H and O–H groups in total. The van der Waals surface area contributed by atoms with E-state index < -0.39 is 10.0 Å². The van der Waals surface area contributed by atoms with Gasteiger partial charge in [-0.05, 0) is 36.8 Å². The van der Waals surface area contributed by atoms with Crippen molar-refractivity contribution in [3.05, 3.63) is 78.0 Å². The number of amides is 1. The summed E-state index contributed by atoms with van der Waals surface area (Å²) in [5.41, 5.74) is 5.27. The molecule has 1 aliphatic rings. The average molecular weight is 577 g/mol. The van der Waals surface area contributed by atoms with E-state index in [4.69, 9.17) is 0 Å². The Labute approximate surface area is 235 Å². The number of rotatable bonds is 5. The Morgan fingerprint density at radius 2 is 1.63 bits per heavy atom. The molecule has 4 aromatic rings. The molecule has 0 aliphatic carbocycles. The van der Waals surface area contributed by atoms with E-state index >= 15 is 0 Å². The molecule has 2 aromatic carbocycles. The summed E-state index contributed by atoms with van der Waals surface area (Å²) in [5, 5.41) is 0.972. The maximum absolute atomic E-state index is 14.0. The first-order valence-electron chi connectivity index (χ1n) is 11.8. The second-order valence-corrected chi connectivity index (χ2v) is 11.0. The van der Waals surface area contributed by atoms with Crippen molar-refractivity contribution in [3.8, 4) is 11.3 Å². The molecule has 0 spiro atoms. The average Bonchev–Trinajstić information content (AvgIpc) is 3.15. The summed E-state index contributed by atoms with van der Waals surface area (Å²) in [5.74, 6) is 0.789. The molecule has 0 bridgehead atoms. The minimum Gasteiger partial charge on any atom is -0.353 e. The van der Waals surface area contributed by atoms with Crippen LogP contribution in [-0.2, 0) is 17.1 Å². The Morgan fingerprint density at radius 1 is 0.947 bits per heavy atom. The Bertz CT molecular complexity index is 1530. The molecular weight excluding hydrogens is 545 g/mol. The zero-order chi connectivity index (χ0) is 25.4. The van der Waals surface area contributed by atoms with Crippen molar-refractivity contribution in [1.29, 1.82) is 0 Å². The normalized spacial score (nSPS) is 13.6. The highest BCUT2D eigenvalue weighted by atomic mass is 35.5. The Balaban J connectivity index is 0.00000200. The van der Waals surface area contributed by atoms with E-state index in [-0.39, 0.29) is 30.7 Å². The first-order valence-corrected chi connectivity index (χ1v) is 13.7. The number of halogens is 2. The van der Waals surface area contributed by atoms with E-state index in [9.17, 15) is 13.2 Å². The summed E-state index contributed by atoms with van der Waals surface area (Å²) in [6.45, 7) is 4.47. The van der Waals surface area contributed by atoms with E-state index in [0.717, 1.165) is 45.4 Å². The number of piperazine rings is 1. The molecular formula is C27H31Cl2N5O3S. The van der Waals surface area contributed by atoms with Gasteiger partial charge >= 0.3 is 0 Å². The number of sulfonamides is 1. The molecule has 5 rings (SSSR count). The standard InChI is InChI=1S/C27H29N5O3S.2ClH/c1-19-9-11-23-22(17-19)25(26(30(23)2)20-7-5-4-6-8-20)27(33)32-15-13-31(14-16-32)24-12-10-21(18-28-24)29-36(3,34)35;;/h4-12,17-18,29H,13-16H2,1-3H3;2*1H. The lowest BCUT2D eigenvalue weighted by Crippen LogP contribution is -2.49. The number of carbonyl (C=O) groups excluding carboxylic acids is 1. The van der Waals surface area contributed by atoms with Gasteiger partial charge in [-0.1, -0.05) is 42.0 Å². The lowest BCUT2D eigenvalue weighted by atomic mass is 10.0. The molecule has 202 valence electrons. The number of pyridine rings is 1. The molecule has 0 radical (unpaired) electrons. The molecule has 0 unspecified atom stereocenters. The predicted octanol–water partition coefficient (Wildman–Crippen LogP) is 4.73. The number of aromatic nitrogens is 2. The van der Waals surface area contributed by atoms with Crippen molar-refractivity contribution in [2.24, 2.45) is 7.05 Å². The lowest BCUT2D eigenvalue weighted by Gasteiger charge is -2.35. The van der Waals surface area contributed by atoms with Gasteiger partial charge < -0.3 is 14.4 Å². The molecule has 11 heteroatoms. The minimum atomic E-state index is -3.35. The summed E-state index contributed by atoms with van der Waals surface area (Å²) >= 11 is 0. The van der Waals surface area contributed by atoms with Crippen LogP contribution in [0.4, 0.5) is 11.5 Å². The molecule has 2 aromatic heterocycles. The number of benzene rings is 2. The summed E-state index contributed by atoms with van der Waals surface area (Å²) < 4.78 is 27.4. The van der Waals surface area contributed by atoms with Crippen LogP contribution in [0.3, 0.4) is 0 Å². The van der Waals surface area contributed by atoms with E-state index in [1.165, 1.54) is 6.20 Å². The number of anilines is 2. The zero-order valence-corrected chi connectivity index (χ0v) is 23.9. The molecule has 38 heavy (non-hydrogen) atoms. The van der Waals surface area contributed by atoms with Crippen molar-refractivity contribution in [2.45, 2.75) is 6.92 Å². The van der Waals surface area contributed by atoms with Crippen LogP contribution in [0.5, 0.6) is 0 Å². The number of aryl methyl sites for hydroxylation is 2. The van der Waals surface area contributed by atoms with Crippen LogP contribution in [-0.4, -0.2) is 61.2 Å². The van der Waals surface area contributed by atoms with Crippen LogP contribution < -0.4 is 9.62 Å². The lowest BCUT2D eigenvalue weighted by molar-refractivity contribution is 0.0749. The monoisotopic (exact) mass is 575 g/mol. The molecule has 0 atom stereocenters. The van der Waals surface area contributed by atoms with E-state index in [1.807, 2.05) is 49.2 Å². The fourth-order valence-electron chi connectivity index (χ4n) is 4.85. The van der Waals surface area contributed by atoms with Crippen molar-refractivity contribution in [3.63, 3.8) is 0 Å². The number of nitrogens with one attached hydrogen (secondary N) is 1. The highest BCUT2D eigenvalue weighted by Gasteiger charge is 2.29. The van der Waals surface area contributed by atoms with Gasteiger partial charge in [0.25, 0.3) is 5.91 Å². The van der Waals surface area contributed by atoms with Crippen molar-refractivity contribution in [2.75, 3.05) is 42.1 Å². The largest absolute Gasteiger partial charge is 0.353 e. The van der Waals surface area contributed by atoms with Crippen LogP contribution in [0.1, 0.15) is 15.9 Å². The third-order valence-corrected chi connectivity index (χ3v) is 7.16. The number of fused-ring (bicyclic) bond motifs is 1. The third-order valence-electron chi connectivity index (χ3n) is 6.56. The van der Waals surface area contributed by atoms with E-state index in [0.29, 0.717) is 31.9 Å². The van der Waals surface area contributed by atoms with Gasteiger partial charge in [0, 0.05) is 44.1 Å². The molecule has 0 saturated carbocycles. The number of hydrogen-bond acceptors (Lipinski definition) is 5. The zero-order valence-electron chi connectivity index (χ0n) is 21.4. The van der Waals surface area contributed by atoms with E-state index in [1.54, 1.807) is 12.1 Å². The second kappa shape index (κ2) is 11.6. The molecule has 1 fully saturated rings. The molecule has 1 aliphatic heterocycles. The smallest absolute Gasteiger partial charge is 0.256 e. The highest BCUT2D eigenvalue weighted by molar-refractivity contribution is 7.92. The molecule has 1 saturated heterocycles. The van der Waals surface area contributed by atoms with Gasteiger partial charge in [0.15, 0.2) is 0 Å². The summed E-state index contributed by atoms with van der Waals surface area (Å²) in [7, 11) is -1.33. The van der Waals surface area contributed by atoms with Crippen LogP contribution in [0.25, 0.3) is 22.2 Å². The Morgan fingerprint density at radius 3 is 2.24 bits per heavy atom. The fourth-order valence-corrected chi connectivity index (χ4v) is 5.40. The van der Waals surface area contributed by atoms with Gasteiger partial charge in [0.1, 0.15) is 5.82 Å². The first kappa shape index (κ1) is 29.3. The Kier molecular flexibility index (Phi) is 8.97. The summed E-state index contributed by atoms with van der Waals surface area (Å²) in [4.78, 5) is 22.4. The van der Waals surface area contributed by atoms with Crippen LogP contribution in [0.2, 0.25) is 0 Å². The SMILES string of the molecule is Cc1ccc2c(c1)c(C(=O)N1CCN(c3ccc(NS(C)(=O)=O)cn3)CC1)c(-c1ccccc1)n2C.Cl.Cl. The van der Waals surface area contributed by atoms with Crippen LogP contribution in [0, 0.1) is 6.92 Å². The molecule has 3 heterocycles. The van der Waals surface area contributed by atoms with Crippen molar-refractivity contribution >= 4 is 63.2 Å². The van der Waals surface area contributed by atoms with Gasteiger partial charge in [-0.15, -0.1) is 24.8 Å². The summed E-state index contributed by atoms with van der Waals surface area (Å²) in [6, 6.07) is 19.8. The number of carbonyl (C=O) groups is 1. The molecule has 8 nitrogen and oxygen atoms in total. The first-order chi connectivity index (χ1) is 17.2. The fraction of sp³-hybridized carbons (Fsp3) is 0.259. The van der Waals surface area contributed by atoms with Gasteiger partial charge in [0.05, 0.1) is 29.4 Å². The maximum Gasteiger partial charge on any atom is 0.256 e. The number of nitrogens with zero attached hydrogens (tertiary/aromatic N) is 4. The van der Waals surface area contributed by atoms with Gasteiger partial charge in [-0.3, -0.25) is 9.52 Å². The third kappa shape index (κ3) is 5.90. The van der Waals surface area contributed by atoms with Crippen LogP contribution in [0.15, 0.2) is 66.9 Å². The predicted molar refractivity (Wildman–Crippen MR) is 158 cm³/mol. The van der Waals surface area contributed by atoms with Gasteiger partial charge in [-0.25, -0.2) is 13.4 Å². The van der Waals surface area contributed by atoms with Crippen molar-refractivity contribution in [1.82, 2.24) is 14.5 Å². The van der Waals surface area contributed by atoms with Gasteiger partial charge in [-0.2, -0.15) is 0 Å².